The van der Waals surface area contributed by atoms with E-state index in [1.165, 1.54) is 308 Å². The molecule has 0 aromatic carbocycles. The molecule has 0 saturated carbocycles. The molecule has 2 unspecified atom stereocenters. The van der Waals surface area contributed by atoms with Gasteiger partial charge < -0.3 is 20.3 Å². The summed E-state index contributed by atoms with van der Waals surface area (Å²) in [7, 11) is 0. The lowest BCUT2D eigenvalue weighted by atomic mass is 10.0. The molecule has 466 valence electrons. The Balaban J connectivity index is 3.40. The Morgan fingerprint density at radius 3 is 1.01 bits per heavy atom. The van der Waals surface area contributed by atoms with Gasteiger partial charge in [-0.15, -0.1) is 0 Å². The summed E-state index contributed by atoms with van der Waals surface area (Å²) in [4.78, 5) is 24.6. The van der Waals surface area contributed by atoms with Crippen molar-refractivity contribution in [3.63, 3.8) is 0 Å². The first-order valence-corrected chi connectivity index (χ1v) is 35.7. The molecule has 0 spiro atoms. The van der Waals surface area contributed by atoms with Crippen molar-refractivity contribution >= 4 is 11.9 Å². The number of nitrogens with one attached hydrogen (secondary N) is 1. The minimum atomic E-state index is -0.668. The summed E-state index contributed by atoms with van der Waals surface area (Å²) >= 11 is 0. The van der Waals surface area contributed by atoms with Gasteiger partial charge in [-0.2, -0.15) is 0 Å². The molecule has 0 aliphatic rings. The van der Waals surface area contributed by atoms with Gasteiger partial charge in [0, 0.05) is 12.8 Å². The number of aliphatic hydroxyl groups is 2. The zero-order valence-corrected chi connectivity index (χ0v) is 53.4. The highest BCUT2D eigenvalue weighted by atomic mass is 16.5. The fraction of sp³-hybridized carbons (Fsp3) is 0.890. The molecule has 0 fully saturated rings. The minimum absolute atomic E-state index is 0.000618. The maximum absolute atomic E-state index is 12.6. The SMILES string of the molecule is CCCC/C=C\C/C=C\CCCCCCCC(=O)OCCCCCCCCCCCCCC/C=C\CCCCCCCCCCCC(=O)NC(CO)C(O)CCCCCCCCCCCCCCCCCCCCCCCCC. The average Bonchev–Trinajstić information content (AvgIpc) is 3.45. The molecule has 6 nitrogen and oxygen atoms in total. The molecule has 0 aliphatic heterocycles. The summed E-state index contributed by atoms with van der Waals surface area (Å²) in [6, 6.07) is -0.546. The lowest BCUT2D eigenvalue weighted by molar-refractivity contribution is -0.143. The summed E-state index contributed by atoms with van der Waals surface area (Å²) in [6.07, 6.45) is 87.6. The fourth-order valence-corrected chi connectivity index (χ4v) is 11.2. The number of ether oxygens (including phenoxy) is 1. The molecule has 0 aromatic rings. The molecule has 3 N–H and O–H groups in total. The summed E-state index contributed by atoms with van der Waals surface area (Å²) in [5.41, 5.74) is 0. The second kappa shape index (κ2) is 68.6. The third kappa shape index (κ3) is 65.1. The van der Waals surface area contributed by atoms with E-state index in [-0.39, 0.29) is 18.5 Å². The van der Waals surface area contributed by atoms with E-state index in [4.69, 9.17) is 4.74 Å². The van der Waals surface area contributed by atoms with Gasteiger partial charge in [-0.1, -0.05) is 339 Å². The second-order valence-corrected chi connectivity index (χ2v) is 24.6. The van der Waals surface area contributed by atoms with Crippen LogP contribution in [0.1, 0.15) is 393 Å². The number of hydrogen-bond acceptors (Lipinski definition) is 5. The van der Waals surface area contributed by atoms with E-state index in [9.17, 15) is 19.8 Å². The van der Waals surface area contributed by atoms with Crippen molar-refractivity contribution < 1.29 is 24.5 Å². The van der Waals surface area contributed by atoms with Crippen LogP contribution in [-0.4, -0.2) is 47.4 Å². The van der Waals surface area contributed by atoms with Gasteiger partial charge in [-0.25, -0.2) is 0 Å². The zero-order chi connectivity index (χ0) is 57.1. The average molecular weight is 1110 g/mol. The largest absolute Gasteiger partial charge is 0.466 e. The van der Waals surface area contributed by atoms with Crippen LogP contribution >= 0.6 is 0 Å². The molecule has 79 heavy (non-hydrogen) atoms. The fourth-order valence-electron chi connectivity index (χ4n) is 11.2. The quantitative estimate of drug-likeness (QED) is 0.0320. The van der Waals surface area contributed by atoms with Gasteiger partial charge in [0.1, 0.15) is 0 Å². The first kappa shape index (κ1) is 77.1. The Labute approximate surface area is 494 Å². The highest BCUT2D eigenvalue weighted by Gasteiger charge is 2.20. The van der Waals surface area contributed by atoms with Crippen molar-refractivity contribution in [2.75, 3.05) is 13.2 Å². The second-order valence-electron chi connectivity index (χ2n) is 24.6. The number of esters is 1. The maximum Gasteiger partial charge on any atom is 0.305 e. The topological polar surface area (TPSA) is 95.9 Å². The lowest BCUT2D eigenvalue weighted by Gasteiger charge is -2.22. The van der Waals surface area contributed by atoms with Crippen molar-refractivity contribution in [1.82, 2.24) is 5.32 Å². The summed E-state index contributed by atoms with van der Waals surface area (Å²) < 4.78 is 5.48. The number of rotatable bonds is 67. The molecule has 0 radical (unpaired) electrons. The van der Waals surface area contributed by atoms with Gasteiger partial charge in [0.15, 0.2) is 0 Å². The smallest absolute Gasteiger partial charge is 0.305 e. The molecule has 1 amide bonds. The number of amides is 1. The third-order valence-electron chi connectivity index (χ3n) is 16.7. The van der Waals surface area contributed by atoms with E-state index in [0.29, 0.717) is 25.9 Å². The van der Waals surface area contributed by atoms with Crippen molar-refractivity contribution in [3.8, 4) is 0 Å². The van der Waals surface area contributed by atoms with Crippen LogP contribution < -0.4 is 5.32 Å². The van der Waals surface area contributed by atoms with Crippen LogP contribution in [0.4, 0.5) is 0 Å². The highest BCUT2D eigenvalue weighted by molar-refractivity contribution is 5.76. The van der Waals surface area contributed by atoms with Crippen LogP contribution in [-0.2, 0) is 14.3 Å². The third-order valence-corrected chi connectivity index (χ3v) is 16.7. The van der Waals surface area contributed by atoms with E-state index < -0.39 is 12.1 Å². The van der Waals surface area contributed by atoms with E-state index in [1.807, 2.05) is 0 Å². The molecule has 0 aromatic heterocycles. The Morgan fingerprint density at radius 2 is 0.646 bits per heavy atom. The van der Waals surface area contributed by atoms with Crippen molar-refractivity contribution in [1.29, 1.82) is 0 Å². The van der Waals surface area contributed by atoms with E-state index in [1.54, 1.807) is 0 Å². The Morgan fingerprint density at radius 1 is 0.354 bits per heavy atom. The number of unbranched alkanes of at least 4 members (excludes halogenated alkanes) is 50. The van der Waals surface area contributed by atoms with Crippen LogP contribution in [0.5, 0.6) is 0 Å². The van der Waals surface area contributed by atoms with Crippen LogP contribution in [0.15, 0.2) is 36.5 Å². The van der Waals surface area contributed by atoms with Gasteiger partial charge in [0.25, 0.3) is 0 Å². The van der Waals surface area contributed by atoms with Gasteiger partial charge in [-0.3, -0.25) is 9.59 Å². The van der Waals surface area contributed by atoms with Gasteiger partial charge in [-0.05, 0) is 77.0 Å². The van der Waals surface area contributed by atoms with Gasteiger partial charge >= 0.3 is 5.97 Å². The molecule has 0 saturated heterocycles. The normalized spacial score (nSPS) is 12.7. The van der Waals surface area contributed by atoms with Crippen LogP contribution in [0, 0.1) is 0 Å². The van der Waals surface area contributed by atoms with Crippen LogP contribution in [0.25, 0.3) is 0 Å². The molecule has 2 atom stereocenters. The minimum Gasteiger partial charge on any atom is -0.466 e. The molecule has 0 bridgehead atoms. The number of allylic oxidation sites excluding steroid dienone is 6. The Hall–Kier alpha value is -1.92. The van der Waals surface area contributed by atoms with Crippen LogP contribution in [0.3, 0.4) is 0 Å². The molecule has 0 aliphatic carbocycles. The van der Waals surface area contributed by atoms with Crippen molar-refractivity contribution in [3.05, 3.63) is 36.5 Å². The first-order chi connectivity index (χ1) is 39.0. The molecule has 0 rings (SSSR count). The highest BCUT2D eigenvalue weighted by Crippen LogP contribution is 2.19. The number of aliphatic hydroxyl groups excluding tert-OH is 2. The number of carbonyl (C=O) groups excluding carboxylic acids is 2. The standard InChI is InChI=1S/C73H139NO5/c1-3-5-7-9-11-13-15-17-19-20-21-22-26-29-32-35-38-41-45-49-53-57-61-65-71(76)70(69-75)74-72(77)66-62-58-54-50-46-42-39-36-33-30-27-24-23-25-28-31-34-37-40-44-48-52-56-60-64-68-79-73(78)67-63-59-55-51-47-43-18-16-14-12-10-8-6-4-2/h10,12,16,18,24,27,70-71,75-76H,3-9,11,13-15,17,19-23,25-26,28-69H2,1-2H3,(H,74,77)/b12-10-,18-16-,27-24-. The predicted molar refractivity (Wildman–Crippen MR) is 347 cm³/mol. The summed E-state index contributed by atoms with van der Waals surface area (Å²) in [6.45, 7) is 4.94. The van der Waals surface area contributed by atoms with E-state index in [2.05, 4.69) is 55.6 Å². The molecular formula is C73H139NO5. The molecule has 0 heterocycles. The van der Waals surface area contributed by atoms with Crippen molar-refractivity contribution in [2.45, 2.75) is 405 Å². The number of hydrogen-bond donors (Lipinski definition) is 3. The number of carbonyl (C=O) groups is 2. The monoisotopic (exact) mass is 1110 g/mol. The van der Waals surface area contributed by atoms with Crippen LogP contribution in [0.2, 0.25) is 0 Å². The van der Waals surface area contributed by atoms with E-state index in [0.717, 1.165) is 51.4 Å². The van der Waals surface area contributed by atoms with Gasteiger partial charge in [0.2, 0.25) is 5.91 Å². The lowest BCUT2D eigenvalue weighted by Crippen LogP contribution is -2.45. The molecule has 6 heteroatoms. The van der Waals surface area contributed by atoms with Gasteiger partial charge in [0.05, 0.1) is 25.4 Å². The zero-order valence-electron chi connectivity index (χ0n) is 53.4. The van der Waals surface area contributed by atoms with Crippen molar-refractivity contribution in [2.24, 2.45) is 0 Å². The Bertz CT molecular complexity index is 1280. The summed E-state index contributed by atoms with van der Waals surface area (Å²) in [5.74, 6) is -0.0346. The van der Waals surface area contributed by atoms with E-state index >= 15 is 0 Å². The molecular weight excluding hydrogens is 971 g/mol. The predicted octanol–water partition coefficient (Wildman–Crippen LogP) is 23.1. The summed E-state index contributed by atoms with van der Waals surface area (Å²) in [5, 5.41) is 23.4. The first-order valence-electron chi connectivity index (χ1n) is 35.7. The Kier molecular flexibility index (Phi) is 66.9. The maximum atomic E-state index is 12.6.